The molecular weight excluding hydrogens is 244 g/mol. The molecule has 2 saturated carbocycles. The van der Waals surface area contributed by atoms with Crippen LogP contribution >= 0.6 is 0 Å². The van der Waals surface area contributed by atoms with Crippen LogP contribution in [0.1, 0.15) is 60.7 Å². The van der Waals surface area contributed by atoms with Gasteiger partial charge in [-0.25, -0.2) is 0 Å². The minimum absolute atomic E-state index is 0.149. The second-order valence-electron chi connectivity index (χ2n) is 5.77. The lowest BCUT2D eigenvalue weighted by Crippen LogP contribution is -2.32. The summed E-state index contributed by atoms with van der Waals surface area (Å²) in [4.78, 5) is 11.9. The Labute approximate surface area is 112 Å². The first-order chi connectivity index (χ1) is 9.22. The van der Waals surface area contributed by atoms with Gasteiger partial charge in [0.1, 0.15) is 5.76 Å². The highest BCUT2D eigenvalue weighted by molar-refractivity contribution is 5.92. The van der Waals surface area contributed by atoms with Crippen molar-refractivity contribution in [2.45, 2.75) is 50.5 Å². The van der Waals surface area contributed by atoms with E-state index >= 15 is 0 Å². The second kappa shape index (κ2) is 5.33. The zero-order valence-electron chi connectivity index (χ0n) is 11.0. The summed E-state index contributed by atoms with van der Waals surface area (Å²) in [7, 11) is 0. The van der Waals surface area contributed by atoms with Crippen molar-refractivity contribution in [1.82, 2.24) is 10.5 Å². The SMILES string of the molecule is O=C(NCC1CCC(O)CC1)c1cc(C2CC2)on1. The number of aliphatic hydroxyl groups is 1. The Balaban J connectivity index is 1.47. The van der Waals surface area contributed by atoms with Gasteiger partial charge in [0.05, 0.1) is 6.10 Å². The van der Waals surface area contributed by atoms with E-state index in [-0.39, 0.29) is 12.0 Å². The normalized spacial score (nSPS) is 27.2. The number of hydrogen-bond acceptors (Lipinski definition) is 4. The summed E-state index contributed by atoms with van der Waals surface area (Å²) in [5.41, 5.74) is 0.387. The Morgan fingerprint density at radius 2 is 2.05 bits per heavy atom. The van der Waals surface area contributed by atoms with Gasteiger partial charge in [0.15, 0.2) is 5.69 Å². The van der Waals surface area contributed by atoms with E-state index in [4.69, 9.17) is 4.52 Å². The lowest BCUT2D eigenvalue weighted by atomic mass is 9.87. The van der Waals surface area contributed by atoms with Gasteiger partial charge in [-0.3, -0.25) is 4.79 Å². The first-order valence-corrected chi connectivity index (χ1v) is 7.15. The van der Waals surface area contributed by atoms with Crippen LogP contribution in [-0.2, 0) is 0 Å². The number of nitrogens with zero attached hydrogens (tertiary/aromatic N) is 1. The van der Waals surface area contributed by atoms with Gasteiger partial charge in [0, 0.05) is 18.5 Å². The summed E-state index contributed by atoms with van der Waals surface area (Å²) in [5.74, 6) is 1.64. The molecule has 19 heavy (non-hydrogen) atoms. The molecule has 5 heteroatoms. The van der Waals surface area contributed by atoms with Gasteiger partial charge in [0.2, 0.25) is 0 Å². The largest absolute Gasteiger partial charge is 0.393 e. The molecule has 1 heterocycles. The molecular formula is C14H20N2O3. The number of carbonyl (C=O) groups excluding carboxylic acids is 1. The predicted molar refractivity (Wildman–Crippen MR) is 68.8 cm³/mol. The van der Waals surface area contributed by atoms with Crippen LogP contribution in [0, 0.1) is 5.92 Å². The lowest BCUT2D eigenvalue weighted by Gasteiger charge is -2.25. The van der Waals surface area contributed by atoms with Crippen molar-refractivity contribution in [1.29, 1.82) is 0 Å². The zero-order valence-corrected chi connectivity index (χ0v) is 11.0. The predicted octanol–water partition coefficient (Wildman–Crippen LogP) is 1.83. The molecule has 0 bridgehead atoms. The Morgan fingerprint density at radius 1 is 1.32 bits per heavy atom. The molecule has 0 radical (unpaired) electrons. The molecule has 0 atom stereocenters. The molecule has 2 N–H and O–H groups in total. The summed E-state index contributed by atoms with van der Waals surface area (Å²) in [5, 5.41) is 16.2. The van der Waals surface area contributed by atoms with Crippen LogP contribution in [0.15, 0.2) is 10.6 Å². The summed E-state index contributed by atoms with van der Waals surface area (Å²) < 4.78 is 5.17. The number of hydrogen-bond donors (Lipinski definition) is 2. The van der Waals surface area contributed by atoms with Gasteiger partial charge >= 0.3 is 0 Å². The summed E-state index contributed by atoms with van der Waals surface area (Å²) >= 11 is 0. The number of amides is 1. The van der Waals surface area contributed by atoms with Crippen molar-refractivity contribution in [3.05, 3.63) is 17.5 Å². The quantitative estimate of drug-likeness (QED) is 0.870. The lowest BCUT2D eigenvalue weighted by molar-refractivity contribution is 0.0902. The van der Waals surface area contributed by atoms with E-state index in [2.05, 4.69) is 10.5 Å². The summed E-state index contributed by atoms with van der Waals surface area (Å²) in [6, 6.07) is 1.76. The van der Waals surface area contributed by atoms with E-state index in [1.165, 1.54) is 0 Å². The van der Waals surface area contributed by atoms with E-state index in [9.17, 15) is 9.90 Å². The number of nitrogens with one attached hydrogen (secondary N) is 1. The molecule has 5 nitrogen and oxygen atoms in total. The Hall–Kier alpha value is -1.36. The van der Waals surface area contributed by atoms with Crippen LogP contribution in [0.5, 0.6) is 0 Å². The van der Waals surface area contributed by atoms with Gasteiger partial charge in [0.25, 0.3) is 5.91 Å². The topological polar surface area (TPSA) is 75.4 Å². The maximum atomic E-state index is 11.9. The van der Waals surface area contributed by atoms with Gasteiger partial charge in [-0.1, -0.05) is 5.16 Å². The van der Waals surface area contributed by atoms with E-state index in [1.807, 2.05) is 0 Å². The van der Waals surface area contributed by atoms with Crippen molar-refractivity contribution in [3.63, 3.8) is 0 Å². The molecule has 0 aromatic carbocycles. The fourth-order valence-electron chi connectivity index (χ4n) is 2.63. The third-order valence-corrected chi connectivity index (χ3v) is 4.11. The van der Waals surface area contributed by atoms with Gasteiger partial charge in [-0.05, 0) is 44.4 Å². The highest BCUT2D eigenvalue weighted by atomic mass is 16.5. The van der Waals surface area contributed by atoms with E-state index in [1.54, 1.807) is 6.07 Å². The number of aliphatic hydroxyl groups excluding tert-OH is 1. The Morgan fingerprint density at radius 3 is 2.74 bits per heavy atom. The van der Waals surface area contributed by atoms with Crippen molar-refractivity contribution >= 4 is 5.91 Å². The molecule has 1 aromatic rings. The molecule has 104 valence electrons. The van der Waals surface area contributed by atoms with Gasteiger partial charge in [-0.15, -0.1) is 0 Å². The number of rotatable bonds is 4. The highest BCUT2D eigenvalue weighted by Crippen LogP contribution is 2.40. The van der Waals surface area contributed by atoms with Crippen LogP contribution in [-0.4, -0.2) is 28.8 Å². The third-order valence-electron chi connectivity index (χ3n) is 4.11. The smallest absolute Gasteiger partial charge is 0.273 e. The maximum Gasteiger partial charge on any atom is 0.273 e. The van der Waals surface area contributed by atoms with Crippen LogP contribution < -0.4 is 5.32 Å². The van der Waals surface area contributed by atoms with Crippen LogP contribution in [0.4, 0.5) is 0 Å². The molecule has 0 saturated heterocycles. The van der Waals surface area contributed by atoms with Crippen molar-refractivity contribution in [2.75, 3.05) is 6.54 Å². The summed E-state index contributed by atoms with van der Waals surface area (Å²) in [6.45, 7) is 0.664. The molecule has 2 aliphatic carbocycles. The minimum atomic E-state index is -0.151. The van der Waals surface area contributed by atoms with Crippen LogP contribution in [0.2, 0.25) is 0 Å². The fourth-order valence-corrected chi connectivity index (χ4v) is 2.63. The molecule has 2 aliphatic rings. The molecule has 3 rings (SSSR count). The van der Waals surface area contributed by atoms with Gasteiger partial charge in [-0.2, -0.15) is 0 Å². The fraction of sp³-hybridized carbons (Fsp3) is 0.714. The van der Waals surface area contributed by atoms with Crippen LogP contribution in [0.25, 0.3) is 0 Å². The average molecular weight is 264 g/mol. The monoisotopic (exact) mass is 264 g/mol. The Bertz CT molecular complexity index is 445. The second-order valence-corrected chi connectivity index (χ2v) is 5.77. The van der Waals surface area contributed by atoms with E-state index in [0.29, 0.717) is 24.1 Å². The van der Waals surface area contributed by atoms with Gasteiger partial charge < -0.3 is 14.9 Å². The average Bonchev–Trinajstić information content (AvgIpc) is 3.15. The Kier molecular flexibility index (Phi) is 3.55. The summed E-state index contributed by atoms with van der Waals surface area (Å²) in [6.07, 6.45) is 5.78. The minimum Gasteiger partial charge on any atom is -0.393 e. The molecule has 0 aliphatic heterocycles. The van der Waals surface area contributed by atoms with Crippen molar-refractivity contribution in [3.8, 4) is 0 Å². The first kappa shape index (κ1) is 12.7. The molecule has 0 unspecified atom stereocenters. The van der Waals surface area contributed by atoms with E-state index in [0.717, 1.165) is 44.3 Å². The maximum absolute atomic E-state index is 11.9. The van der Waals surface area contributed by atoms with E-state index < -0.39 is 0 Å². The molecule has 1 amide bonds. The standard InChI is InChI=1S/C14H20N2O3/c17-11-5-1-9(2-6-11)8-15-14(18)12-7-13(19-16-12)10-3-4-10/h7,9-11,17H,1-6,8H2,(H,15,18). The number of aromatic nitrogens is 1. The molecule has 1 aromatic heterocycles. The first-order valence-electron chi connectivity index (χ1n) is 7.15. The van der Waals surface area contributed by atoms with Crippen molar-refractivity contribution in [2.24, 2.45) is 5.92 Å². The van der Waals surface area contributed by atoms with Crippen LogP contribution in [0.3, 0.4) is 0 Å². The number of carbonyl (C=O) groups is 1. The third kappa shape index (κ3) is 3.15. The zero-order chi connectivity index (χ0) is 13.2. The highest BCUT2D eigenvalue weighted by Gasteiger charge is 2.29. The molecule has 0 spiro atoms. The molecule has 2 fully saturated rings. The van der Waals surface area contributed by atoms with Crippen molar-refractivity contribution < 1.29 is 14.4 Å².